The number of nitrogens with zero attached hydrogens (tertiary/aromatic N) is 2. The van der Waals surface area contributed by atoms with Crippen LogP contribution in [0.15, 0.2) is 72.8 Å². The molecule has 33 heavy (non-hydrogen) atoms. The number of aromatic nitrogens is 2. The average Bonchev–Trinajstić information content (AvgIpc) is 3.28. The number of benzene rings is 3. The molecule has 3 aromatic carbocycles. The molecular weight excluding hydrogens is 412 g/mol. The van der Waals surface area contributed by atoms with E-state index in [1.807, 2.05) is 84.9 Å². The molecule has 1 aromatic heterocycles. The fourth-order valence-corrected chi connectivity index (χ4v) is 4.01. The van der Waals surface area contributed by atoms with Crippen LogP contribution >= 0.6 is 0 Å². The molecule has 2 N–H and O–H groups in total. The molecule has 2 heterocycles. The minimum absolute atomic E-state index is 0.126. The summed E-state index contributed by atoms with van der Waals surface area (Å²) in [7, 11) is 0. The van der Waals surface area contributed by atoms with Crippen LogP contribution in [0.25, 0.3) is 23.1 Å². The quantitative estimate of drug-likeness (QED) is 0.453. The van der Waals surface area contributed by atoms with Gasteiger partial charge in [-0.15, -0.1) is 0 Å². The van der Waals surface area contributed by atoms with Crippen LogP contribution in [0.4, 0.5) is 5.69 Å². The number of ether oxygens (including phenoxy) is 1. The van der Waals surface area contributed by atoms with E-state index in [0.29, 0.717) is 5.56 Å². The summed E-state index contributed by atoms with van der Waals surface area (Å²) in [5.74, 6) is -0.126. The van der Waals surface area contributed by atoms with Crippen molar-refractivity contribution in [1.82, 2.24) is 15.1 Å². The second-order valence-electron chi connectivity index (χ2n) is 8.11. The Bertz CT molecular complexity index is 1270. The van der Waals surface area contributed by atoms with E-state index in [2.05, 4.69) is 20.4 Å². The summed E-state index contributed by atoms with van der Waals surface area (Å²) in [4.78, 5) is 15.3. The average molecular weight is 439 g/mol. The first-order valence-corrected chi connectivity index (χ1v) is 11.2. The normalized spacial score (nSPS) is 14.7. The van der Waals surface area contributed by atoms with Gasteiger partial charge < -0.3 is 10.1 Å². The maximum atomic E-state index is 12.9. The summed E-state index contributed by atoms with van der Waals surface area (Å²) in [5, 5.41) is 11.5. The highest BCUT2D eigenvalue weighted by Gasteiger charge is 2.12. The number of nitrogens with one attached hydrogen (secondary N) is 2. The van der Waals surface area contributed by atoms with E-state index in [-0.39, 0.29) is 5.91 Å². The summed E-state index contributed by atoms with van der Waals surface area (Å²) >= 11 is 0. The third kappa shape index (κ3) is 5.03. The topological polar surface area (TPSA) is 70.2 Å². The van der Waals surface area contributed by atoms with E-state index in [0.717, 1.165) is 60.7 Å². The van der Waals surface area contributed by atoms with E-state index >= 15 is 0 Å². The van der Waals surface area contributed by atoms with Crippen LogP contribution < -0.4 is 5.32 Å². The number of aromatic amines is 1. The first-order chi connectivity index (χ1) is 16.3. The van der Waals surface area contributed by atoms with E-state index < -0.39 is 0 Å². The van der Waals surface area contributed by atoms with Crippen LogP contribution in [0, 0.1) is 0 Å². The summed E-state index contributed by atoms with van der Waals surface area (Å²) < 4.78 is 5.41. The van der Waals surface area contributed by atoms with Gasteiger partial charge in [-0.05, 0) is 41.5 Å². The molecule has 6 heteroatoms. The number of hydrogen-bond acceptors (Lipinski definition) is 4. The molecule has 0 spiro atoms. The molecule has 166 valence electrons. The zero-order chi connectivity index (χ0) is 22.5. The molecule has 0 radical (unpaired) electrons. The van der Waals surface area contributed by atoms with Crippen molar-refractivity contribution in [2.75, 3.05) is 31.6 Å². The van der Waals surface area contributed by atoms with E-state index in [1.54, 1.807) is 0 Å². The molecule has 0 aliphatic carbocycles. The number of carbonyl (C=O) groups is 1. The molecule has 0 unspecified atom stereocenters. The molecule has 6 nitrogen and oxygen atoms in total. The Kier molecular flexibility index (Phi) is 6.28. The van der Waals surface area contributed by atoms with Gasteiger partial charge in [-0.2, -0.15) is 5.10 Å². The summed E-state index contributed by atoms with van der Waals surface area (Å²) in [5.41, 5.74) is 5.37. The second-order valence-corrected chi connectivity index (χ2v) is 8.11. The van der Waals surface area contributed by atoms with Crippen molar-refractivity contribution in [1.29, 1.82) is 0 Å². The zero-order valence-electron chi connectivity index (χ0n) is 18.3. The zero-order valence-corrected chi connectivity index (χ0v) is 18.3. The Hall–Kier alpha value is -3.74. The van der Waals surface area contributed by atoms with E-state index in [9.17, 15) is 4.79 Å². The summed E-state index contributed by atoms with van der Waals surface area (Å²) in [6, 6.07) is 23.6. The number of anilines is 1. The lowest BCUT2D eigenvalue weighted by molar-refractivity contribution is 0.0342. The van der Waals surface area contributed by atoms with Crippen LogP contribution in [0.1, 0.15) is 27.2 Å². The van der Waals surface area contributed by atoms with Crippen molar-refractivity contribution in [3.05, 3.63) is 95.2 Å². The van der Waals surface area contributed by atoms with E-state index in [4.69, 9.17) is 4.74 Å². The molecule has 1 fully saturated rings. The summed E-state index contributed by atoms with van der Waals surface area (Å²) in [6.07, 6.45) is 3.94. The molecular formula is C27H26N4O2. The number of fused-ring (bicyclic) bond motifs is 1. The van der Waals surface area contributed by atoms with Crippen molar-refractivity contribution in [3.8, 4) is 0 Å². The lowest BCUT2D eigenvalue weighted by Crippen LogP contribution is -2.35. The van der Waals surface area contributed by atoms with Gasteiger partial charge in [0.15, 0.2) is 0 Å². The number of rotatable bonds is 6. The minimum atomic E-state index is -0.126. The van der Waals surface area contributed by atoms with Crippen molar-refractivity contribution < 1.29 is 9.53 Å². The highest BCUT2D eigenvalue weighted by molar-refractivity contribution is 6.05. The number of para-hydroxylation sites is 2. The Balaban J connectivity index is 1.28. The van der Waals surface area contributed by atoms with Crippen LogP contribution in [0.5, 0.6) is 0 Å². The Morgan fingerprint density at radius 1 is 0.970 bits per heavy atom. The Morgan fingerprint density at radius 2 is 1.73 bits per heavy atom. The first-order valence-electron chi connectivity index (χ1n) is 11.2. The SMILES string of the molecule is O=C(Nc1ccccc1/C=C/c1n[nH]c2ccccc12)c1ccc(CN2CCOCC2)cc1. The minimum Gasteiger partial charge on any atom is -0.379 e. The number of H-pyrrole nitrogens is 1. The van der Waals surface area contributed by atoms with Crippen molar-refractivity contribution in [2.45, 2.75) is 6.54 Å². The number of morpholine rings is 1. The molecule has 4 aromatic rings. The Labute approximate surface area is 192 Å². The van der Waals surface area contributed by atoms with Gasteiger partial charge >= 0.3 is 0 Å². The number of amides is 1. The molecule has 0 bridgehead atoms. The first kappa shape index (κ1) is 21.1. The molecule has 1 aliphatic rings. The van der Waals surface area contributed by atoms with Crippen LogP contribution in [-0.4, -0.2) is 47.3 Å². The van der Waals surface area contributed by atoms with Crippen molar-refractivity contribution >= 4 is 34.6 Å². The lowest BCUT2D eigenvalue weighted by Gasteiger charge is -2.26. The van der Waals surface area contributed by atoms with Gasteiger partial charge in [0.1, 0.15) is 0 Å². The highest BCUT2D eigenvalue weighted by atomic mass is 16.5. The van der Waals surface area contributed by atoms with Crippen molar-refractivity contribution in [3.63, 3.8) is 0 Å². The predicted octanol–water partition coefficient (Wildman–Crippen LogP) is 4.82. The highest BCUT2D eigenvalue weighted by Crippen LogP contribution is 2.22. The maximum Gasteiger partial charge on any atom is 0.255 e. The van der Waals surface area contributed by atoms with Gasteiger partial charge in [0.2, 0.25) is 0 Å². The van der Waals surface area contributed by atoms with Crippen LogP contribution in [-0.2, 0) is 11.3 Å². The van der Waals surface area contributed by atoms with E-state index in [1.165, 1.54) is 5.56 Å². The molecule has 0 atom stereocenters. The Morgan fingerprint density at radius 3 is 2.58 bits per heavy atom. The van der Waals surface area contributed by atoms with Crippen molar-refractivity contribution in [2.24, 2.45) is 0 Å². The van der Waals surface area contributed by atoms with Gasteiger partial charge in [0.05, 0.1) is 24.4 Å². The van der Waals surface area contributed by atoms with Crippen LogP contribution in [0.3, 0.4) is 0 Å². The molecule has 1 saturated heterocycles. The lowest BCUT2D eigenvalue weighted by atomic mass is 10.1. The summed E-state index contributed by atoms with van der Waals surface area (Å²) in [6.45, 7) is 4.33. The molecule has 1 amide bonds. The van der Waals surface area contributed by atoms with Gasteiger partial charge in [0.25, 0.3) is 5.91 Å². The largest absolute Gasteiger partial charge is 0.379 e. The fraction of sp³-hybridized carbons (Fsp3) is 0.185. The van der Waals surface area contributed by atoms with Crippen LogP contribution in [0.2, 0.25) is 0 Å². The smallest absolute Gasteiger partial charge is 0.255 e. The van der Waals surface area contributed by atoms with Gasteiger partial charge in [0, 0.05) is 36.3 Å². The third-order valence-electron chi connectivity index (χ3n) is 5.86. The van der Waals surface area contributed by atoms with Gasteiger partial charge in [-0.25, -0.2) is 0 Å². The maximum absolute atomic E-state index is 12.9. The molecule has 5 rings (SSSR count). The molecule has 0 saturated carbocycles. The monoisotopic (exact) mass is 438 g/mol. The second kappa shape index (κ2) is 9.81. The fourth-order valence-electron chi connectivity index (χ4n) is 4.01. The predicted molar refractivity (Wildman–Crippen MR) is 132 cm³/mol. The van der Waals surface area contributed by atoms with Gasteiger partial charge in [-0.3, -0.25) is 14.8 Å². The number of hydrogen-bond donors (Lipinski definition) is 2. The standard InChI is InChI=1S/C27H26N4O2/c32-27(22-11-9-20(10-12-22)19-31-15-17-33-18-16-31)28-24-7-3-1-5-21(24)13-14-26-23-6-2-4-8-25(23)29-30-26/h1-14H,15-19H2,(H,28,32)(H,29,30)/b14-13+. The molecule has 1 aliphatic heterocycles. The number of carbonyl (C=O) groups excluding carboxylic acids is 1. The third-order valence-corrected chi connectivity index (χ3v) is 5.86. The van der Waals surface area contributed by atoms with Gasteiger partial charge in [-0.1, -0.05) is 54.6 Å².